The summed E-state index contributed by atoms with van der Waals surface area (Å²) in [6, 6.07) is 1.92. The summed E-state index contributed by atoms with van der Waals surface area (Å²) < 4.78 is 0. The van der Waals surface area contributed by atoms with E-state index in [4.69, 9.17) is 5.26 Å². The number of nitriles is 1. The first-order chi connectivity index (χ1) is 7.40. The molecule has 2 atom stereocenters. The maximum atomic E-state index is 11.3. The molecule has 2 unspecified atom stereocenters. The van der Waals surface area contributed by atoms with Gasteiger partial charge in [0.2, 0.25) is 0 Å². The number of carboxylic acids is 1. The molecule has 0 aliphatic heterocycles. The van der Waals surface area contributed by atoms with Crippen LogP contribution < -0.4 is 0 Å². The van der Waals surface area contributed by atoms with Gasteiger partial charge in [0.25, 0.3) is 0 Å². The van der Waals surface area contributed by atoms with Crippen LogP contribution in [0.1, 0.15) is 34.1 Å². The monoisotopic (exact) mass is 221 g/mol. The van der Waals surface area contributed by atoms with Crippen LogP contribution in [0.2, 0.25) is 0 Å². The molecule has 1 N–H and O–H groups in total. The molecule has 0 bridgehead atoms. The lowest BCUT2D eigenvalue weighted by Crippen LogP contribution is -2.33. The van der Waals surface area contributed by atoms with E-state index in [-0.39, 0.29) is 5.92 Å². The van der Waals surface area contributed by atoms with Crippen molar-refractivity contribution in [3.8, 4) is 6.07 Å². The summed E-state index contributed by atoms with van der Waals surface area (Å²) in [4.78, 5) is 11.3. The smallest absolute Gasteiger partial charge is 0.328 e. The van der Waals surface area contributed by atoms with Crippen LogP contribution in [0.4, 0.5) is 0 Å². The van der Waals surface area contributed by atoms with Gasteiger partial charge in [-0.2, -0.15) is 5.26 Å². The largest absolute Gasteiger partial charge is 0.480 e. The Morgan fingerprint density at radius 2 is 2.12 bits per heavy atom. The SMILES string of the molecule is CCC=CC(C#N)(C(=O)O)C(C)C=C(C)C. The van der Waals surface area contributed by atoms with Crippen molar-refractivity contribution in [3.63, 3.8) is 0 Å². The van der Waals surface area contributed by atoms with Crippen LogP contribution in [0.5, 0.6) is 0 Å². The Kier molecular flexibility index (Phi) is 5.52. The fourth-order valence-electron chi connectivity index (χ4n) is 1.54. The van der Waals surface area contributed by atoms with Gasteiger partial charge in [0, 0.05) is 5.92 Å². The second-order valence-corrected chi connectivity index (χ2v) is 4.13. The van der Waals surface area contributed by atoms with Gasteiger partial charge in [0.1, 0.15) is 0 Å². The third kappa shape index (κ3) is 3.23. The van der Waals surface area contributed by atoms with E-state index in [1.807, 2.05) is 32.9 Å². The summed E-state index contributed by atoms with van der Waals surface area (Å²) in [6.07, 6.45) is 5.77. The van der Waals surface area contributed by atoms with Gasteiger partial charge >= 0.3 is 5.97 Å². The quantitative estimate of drug-likeness (QED) is 0.725. The average molecular weight is 221 g/mol. The van der Waals surface area contributed by atoms with E-state index in [9.17, 15) is 9.90 Å². The van der Waals surface area contributed by atoms with Crippen molar-refractivity contribution in [2.24, 2.45) is 11.3 Å². The molecule has 3 heteroatoms. The number of allylic oxidation sites excluding steroid dienone is 3. The van der Waals surface area contributed by atoms with Crippen molar-refractivity contribution < 1.29 is 9.90 Å². The Morgan fingerprint density at radius 3 is 2.44 bits per heavy atom. The van der Waals surface area contributed by atoms with Crippen LogP contribution in [0.15, 0.2) is 23.8 Å². The summed E-state index contributed by atoms with van der Waals surface area (Å²) in [7, 11) is 0. The highest BCUT2D eigenvalue weighted by molar-refractivity contribution is 5.81. The summed E-state index contributed by atoms with van der Waals surface area (Å²) in [5, 5.41) is 18.4. The molecule has 0 aromatic heterocycles. The Labute approximate surface area is 97.1 Å². The Morgan fingerprint density at radius 1 is 1.56 bits per heavy atom. The highest BCUT2D eigenvalue weighted by atomic mass is 16.4. The normalized spacial score (nSPS) is 16.2. The van der Waals surface area contributed by atoms with E-state index in [1.165, 1.54) is 6.08 Å². The standard InChI is InChI=1S/C13H19NO2/c1-5-6-7-13(9-14,12(15)16)11(4)8-10(2)3/h6-8,11H,5H2,1-4H3,(H,15,16). The van der Waals surface area contributed by atoms with Gasteiger partial charge in [0.05, 0.1) is 6.07 Å². The molecule has 0 aliphatic rings. The Balaban J connectivity index is 5.39. The molecule has 0 saturated carbocycles. The number of nitrogens with zero attached hydrogens (tertiary/aromatic N) is 1. The number of carboxylic acid groups (broad SMARTS) is 1. The lowest BCUT2D eigenvalue weighted by molar-refractivity contribution is -0.144. The van der Waals surface area contributed by atoms with Crippen molar-refractivity contribution in [1.82, 2.24) is 0 Å². The van der Waals surface area contributed by atoms with Crippen molar-refractivity contribution in [2.45, 2.75) is 34.1 Å². The number of carbonyl (C=O) groups is 1. The van der Waals surface area contributed by atoms with Crippen LogP contribution in [-0.4, -0.2) is 11.1 Å². The molecule has 0 radical (unpaired) electrons. The molecule has 88 valence electrons. The number of rotatable bonds is 5. The predicted molar refractivity (Wildman–Crippen MR) is 63.7 cm³/mol. The van der Waals surface area contributed by atoms with Crippen molar-refractivity contribution in [3.05, 3.63) is 23.8 Å². The topological polar surface area (TPSA) is 61.1 Å². The van der Waals surface area contributed by atoms with Crippen LogP contribution >= 0.6 is 0 Å². The van der Waals surface area contributed by atoms with Gasteiger partial charge in [-0.3, -0.25) is 4.79 Å². The highest BCUT2D eigenvalue weighted by Crippen LogP contribution is 2.31. The van der Waals surface area contributed by atoms with Gasteiger partial charge in [0.15, 0.2) is 5.41 Å². The maximum Gasteiger partial charge on any atom is 0.328 e. The van der Waals surface area contributed by atoms with E-state index < -0.39 is 11.4 Å². The van der Waals surface area contributed by atoms with E-state index in [2.05, 4.69) is 0 Å². The van der Waals surface area contributed by atoms with Crippen LogP contribution in [-0.2, 0) is 4.79 Å². The zero-order chi connectivity index (χ0) is 12.8. The van der Waals surface area contributed by atoms with Crippen molar-refractivity contribution >= 4 is 5.97 Å². The highest BCUT2D eigenvalue weighted by Gasteiger charge is 2.40. The van der Waals surface area contributed by atoms with Crippen LogP contribution in [0, 0.1) is 22.7 Å². The molecule has 16 heavy (non-hydrogen) atoms. The molecule has 0 amide bonds. The fourth-order valence-corrected chi connectivity index (χ4v) is 1.54. The molecule has 0 aliphatic carbocycles. The molecule has 0 aromatic carbocycles. The third-order valence-electron chi connectivity index (χ3n) is 2.46. The molecular weight excluding hydrogens is 202 g/mol. The zero-order valence-corrected chi connectivity index (χ0v) is 10.3. The minimum absolute atomic E-state index is 0.345. The summed E-state index contributed by atoms with van der Waals surface area (Å²) in [5.74, 6) is -1.44. The molecule has 0 aromatic rings. The zero-order valence-electron chi connectivity index (χ0n) is 10.3. The Hall–Kier alpha value is -1.56. The van der Waals surface area contributed by atoms with Gasteiger partial charge < -0.3 is 5.11 Å². The minimum Gasteiger partial charge on any atom is -0.480 e. The van der Waals surface area contributed by atoms with Gasteiger partial charge in [-0.25, -0.2) is 0 Å². The Bertz CT molecular complexity index is 345. The first kappa shape index (κ1) is 14.4. The second kappa shape index (κ2) is 6.12. The summed E-state index contributed by atoms with van der Waals surface area (Å²) in [5.41, 5.74) is -0.439. The molecule has 0 heterocycles. The van der Waals surface area contributed by atoms with E-state index in [1.54, 1.807) is 13.0 Å². The van der Waals surface area contributed by atoms with E-state index in [0.717, 1.165) is 12.0 Å². The van der Waals surface area contributed by atoms with Crippen molar-refractivity contribution in [1.29, 1.82) is 5.26 Å². The number of aliphatic carboxylic acids is 1. The van der Waals surface area contributed by atoms with Gasteiger partial charge in [-0.05, 0) is 20.3 Å². The maximum absolute atomic E-state index is 11.3. The van der Waals surface area contributed by atoms with Crippen molar-refractivity contribution in [2.75, 3.05) is 0 Å². The lowest BCUT2D eigenvalue weighted by atomic mass is 9.76. The summed E-state index contributed by atoms with van der Waals surface area (Å²) in [6.45, 7) is 7.45. The summed E-state index contributed by atoms with van der Waals surface area (Å²) >= 11 is 0. The molecule has 0 rings (SSSR count). The van der Waals surface area contributed by atoms with Gasteiger partial charge in [-0.15, -0.1) is 0 Å². The third-order valence-corrected chi connectivity index (χ3v) is 2.46. The first-order valence-corrected chi connectivity index (χ1v) is 5.38. The molecule has 0 saturated heterocycles. The van der Waals surface area contributed by atoms with E-state index >= 15 is 0 Å². The lowest BCUT2D eigenvalue weighted by Gasteiger charge is -2.23. The van der Waals surface area contributed by atoms with Crippen LogP contribution in [0.25, 0.3) is 0 Å². The number of hydrogen-bond donors (Lipinski definition) is 1. The number of hydrogen-bond acceptors (Lipinski definition) is 2. The second-order valence-electron chi connectivity index (χ2n) is 4.13. The molecule has 3 nitrogen and oxygen atoms in total. The van der Waals surface area contributed by atoms with Gasteiger partial charge in [-0.1, -0.05) is 37.6 Å². The molecule has 0 fully saturated rings. The fraction of sp³-hybridized carbons (Fsp3) is 0.538. The first-order valence-electron chi connectivity index (χ1n) is 5.38. The van der Waals surface area contributed by atoms with Crippen LogP contribution in [0.3, 0.4) is 0 Å². The predicted octanol–water partition coefficient (Wildman–Crippen LogP) is 3.15. The van der Waals surface area contributed by atoms with E-state index in [0.29, 0.717) is 0 Å². The molecular formula is C13H19NO2. The average Bonchev–Trinajstić information content (AvgIpc) is 2.18. The molecule has 0 spiro atoms. The minimum atomic E-state index is -1.45.